The number of amides is 1. The van der Waals surface area contributed by atoms with Gasteiger partial charge in [0, 0.05) is 17.2 Å². The van der Waals surface area contributed by atoms with Crippen LogP contribution in [0.15, 0.2) is 24.3 Å². The molecule has 6 heteroatoms. The molecule has 1 rings (SSSR count). The van der Waals surface area contributed by atoms with E-state index >= 15 is 0 Å². The molecule has 1 aromatic carbocycles. The summed E-state index contributed by atoms with van der Waals surface area (Å²) in [6.07, 6.45) is 0. The van der Waals surface area contributed by atoms with Crippen molar-refractivity contribution < 1.29 is 19.1 Å². The minimum absolute atomic E-state index is 0.284. The lowest BCUT2D eigenvalue weighted by atomic mass is 10.2. The maximum absolute atomic E-state index is 11.7. The van der Waals surface area contributed by atoms with Crippen molar-refractivity contribution >= 4 is 34.5 Å². The van der Waals surface area contributed by atoms with E-state index in [0.29, 0.717) is 18.7 Å². The second-order valence-corrected chi connectivity index (χ2v) is 4.56. The van der Waals surface area contributed by atoms with Gasteiger partial charge in [-0.2, -0.15) is 0 Å². The highest BCUT2D eigenvalue weighted by Crippen LogP contribution is 2.12. The molecule has 0 spiro atoms. The highest BCUT2D eigenvalue weighted by molar-refractivity contribution is 14.1. The van der Waals surface area contributed by atoms with Crippen LogP contribution in [-0.2, 0) is 14.3 Å². The molecule has 0 unspecified atom stereocenters. The molecule has 1 amide bonds. The van der Waals surface area contributed by atoms with Crippen molar-refractivity contribution in [2.24, 2.45) is 0 Å². The van der Waals surface area contributed by atoms with Gasteiger partial charge < -0.3 is 14.8 Å². The van der Waals surface area contributed by atoms with Crippen LogP contribution in [0.25, 0.3) is 0 Å². The van der Waals surface area contributed by atoms with E-state index < -0.39 is 5.97 Å². The van der Waals surface area contributed by atoms with Gasteiger partial charge >= 0.3 is 5.97 Å². The lowest BCUT2D eigenvalue weighted by Crippen LogP contribution is -2.31. The molecule has 0 heterocycles. The van der Waals surface area contributed by atoms with E-state index in [1.807, 2.05) is 28.7 Å². The Morgan fingerprint density at radius 3 is 2.72 bits per heavy atom. The van der Waals surface area contributed by atoms with Crippen LogP contribution >= 0.6 is 22.6 Å². The van der Waals surface area contributed by atoms with Crippen LogP contribution in [-0.4, -0.2) is 38.7 Å². The number of benzene rings is 1. The number of carbonyl (C=O) groups is 2. The quantitative estimate of drug-likeness (QED) is 0.469. The molecule has 0 saturated heterocycles. The summed E-state index contributed by atoms with van der Waals surface area (Å²) in [7, 11) is 1.55. The summed E-state index contributed by atoms with van der Waals surface area (Å²) < 4.78 is 10.5. The second-order valence-electron chi connectivity index (χ2n) is 3.40. The molecule has 5 nitrogen and oxygen atoms in total. The van der Waals surface area contributed by atoms with Gasteiger partial charge in [-0.3, -0.25) is 4.79 Å². The molecule has 0 bridgehead atoms. The predicted octanol–water partition coefficient (Wildman–Crippen LogP) is 1.21. The Kier molecular flexibility index (Phi) is 6.66. The lowest BCUT2D eigenvalue weighted by Gasteiger charge is -2.07. The Morgan fingerprint density at radius 2 is 2.06 bits per heavy atom. The van der Waals surface area contributed by atoms with E-state index in [1.54, 1.807) is 25.3 Å². The van der Waals surface area contributed by atoms with E-state index in [0.717, 1.165) is 3.57 Å². The Labute approximate surface area is 119 Å². The Morgan fingerprint density at radius 1 is 1.33 bits per heavy atom. The Bertz CT molecular complexity index is 422. The third-order valence-corrected chi connectivity index (χ3v) is 3.00. The van der Waals surface area contributed by atoms with Crippen LogP contribution in [0.2, 0.25) is 0 Å². The normalized spacial score (nSPS) is 9.89. The topological polar surface area (TPSA) is 64.6 Å². The van der Waals surface area contributed by atoms with Crippen molar-refractivity contribution in [3.8, 4) is 0 Å². The fourth-order valence-electron chi connectivity index (χ4n) is 1.18. The maximum Gasteiger partial charge on any atom is 0.339 e. The highest BCUT2D eigenvalue weighted by Gasteiger charge is 2.12. The molecule has 0 aliphatic carbocycles. The van der Waals surface area contributed by atoms with Gasteiger partial charge in [-0.05, 0) is 34.7 Å². The summed E-state index contributed by atoms with van der Waals surface area (Å²) >= 11 is 2.04. The number of esters is 1. The molecular weight excluding hydrogens is 349 g/mol. The minimum Gasteiger partial charge on any atom is -0.452 e. The summed E-state index contributed by atoms with van der Waals surface area (Å²) in [5, 5.41) is 2.56. The molecule has 0 aliphatic heterocycles. The average molecular weight is 363 g/mol. The van der Waals surface area contributed by atoms with Gasteiger partial charge in [0.25, 0.3) is 5.91 Å². The zero-order valence-corrected chi connectivity index (χ0v) is 12.1. The van der Waals surface area contributed by atoms with E-state index in [-0.39, 0.29) is 12.5 Å². The predicted molar refractivity (Wildman–Crippen MR) is 74.3 cm³/mol. The fourth-order valence-corrected chi connectivity index (χ4v) is 1.79. The average Bonchev–Trinajstić information content (AvgIpc) is 2.37. The maximum atomic E-state index is 11.7. The van der Waals surface area contributed by atoms with Crippen LogP contribution in [0, 0.1) is 3.57 Å². The summed E-state index contributed by atoms with van der Waals surface area (Å²) in [5.74, 6) is -0.840. The lowest BCUT2D eigenvalue weighted by molar-refractivity contribution is -0.124. The van der Waals surface area contributed by atoms with E-state index in [2.05, 4.69) is 5.32 Å². The number of ether oxygens (including phenoxy) is 2. The highest BCUT2D eigenvalue weighted by atomic mass is 127. The molecule has 0 radical (unpaired) electrons. The van der Waals surface area contributed by atoms with Crippen LogP contribution in [0.1, 0.15) is 10.4 Å². The minimum atomic E-state index is -0.498. The summed E-state index contributed by atoms with van der Waals surface area (Å²) in [4.78, 5) is 23.0. The SMILES string of the molecule is COCCNC(=O)COC(=O)c1ccccc1I. The van der Waals surface area contributed by atoms with Crippen LogP contribution < -0.4 is 5.32 Å². The fraction of sp³-hybridized carbons (Fsp3) is 0.333. The van der Waals surface area contributed by atoms with Gasteiger partial charge in [0.05, 0.1) is 12.2 Å². The van der Waals surface area contributed by atoms with Gasteiger partial charge in [-0.1, -0.05) is 12.1 Å². The number of carbonyl (C=O) groups excluding carboxylic acids is 2. The Hall–Kier alpha value is -1.15. The van der Waals surface area contributed by atoms with E-state index in [9.17, 15) is 9.59 Å². The molecule has 98 valence electrons. The van der Waals surface area contributed by atoms with Crippen LogP contribution in [0.4, 0.5) is 0 Å². The van der Waals surface area contributed by atoms with Crippen molar-refractivity contribution in [1.29, 1.82) is 0 Å². The van der Waals surface area contributed by atoms with Crippen molar-refractivity contribution in [2.45, 2.75) is 0 Å². The molecule has 18 heavy (non-hydrogen) atoms. The number of halogens is 1. The molecule has 1 aromatic rings. The zero-order valence-electron chi connectivity index (χ0n) is 9.94. The van der Waals surface area contributed by atoms with E-state index in [4.69, 9.17) is 9.47 Å². The van der Waals surface area contributed by atoms with Crippen molar-refractivity contribution in [2.75, 3.05) is 26.9 Å². The third kappa shape index (κ3) is 5.01. The van der Waals surface area contributed by atoms with Crippen molar-refractivity contribution in [3.63, 3.8) is 0 Å². The number of hydrogen-bond donors (Lipinski definition) is 1. The summed E-state index contributed by atoms with van der Waals surface area (Å²) in [6.45, 7) is 0.541. The number of methoxy groups -OCH3 is 1. The smallest absolute Gasteiger partial charge is 0.339 e. The molecule has 1 N–H and O–H groups in total. The molecular formula is C12H14INO4. The first-order chi connectivity index (χ1) is 8.65. The third-order valence-electron chi connectivity index (χ3n) is 2.06. The second kappa shape index (κ2) is 8.04. The van der Waals surface area contributed by atoms with Crippen molar-refractivity contribution in [1.82, 2.24) is 5.32 Å². The molecule has 0 atom stereocenters. The van der Waals surface area contributed by atoms with E-state index in [1.165, 1.54) is 0 Å². The van der Waals surface area contributed by atoms with Crippen molar-refractivity contribution in [3.05, 3.63) is 33.4 Å². The molecule has 0 aliphatic rings. The van der Waals surface area contributed by atoms with Gasteiger partial charge in [-0.15, -0.1) is 0 Å². The standard InChI is InChI=1S/C12H14INO4/c1-17-7-6-14-11(15)8-18-12(16)9-4-2-3-5-10(9)13/h2-5H,6-8H2,1H3,(H,14,15). The molecule has 0 aromatic heterocycles. The number of rotatable bonds is 6. The van der Waals surface area contributed by atoms with Crippen LogP contribution in [0.5, 0.6) is 0 Å². The first-order valence-corrected chi connectivity index (χ1v) is 6.40. The largest absolute Gasteiger partial charge is 0.452 e. The zero-order chi connectivity index (χ0) is 13.4. The first-order valence-electron chi connectivity index (χ1n) is 5.32. The number of nitrogens with one attached hydrogen (secondary N) is 1. The summed E-state index contributed by atoms with van der Waals surface area (Å²) in [5.41, 5.74) is 0.461. The molecule has 0 fully saturated rings. The molecule has 0 saturated carbocycles. The van der Waals surface area contributed by atoms with Gasteiger partial charge in [0.1, 0.15) is 0 Å². The van der Waals surface area contributed by atoms with Gasteiger partial charge in [-0.25, -0.2) is 4.79 Å². The number of hydrogen-bond acceptors (Lipinski definition) is 4. The van der Waals surface area contributed by atoms with Gasteiger partial charge in [0.2, 0.25) is 0 Å². The monoisotopic (exact) mass is 363 g/mol. The van der Waals surface area contributed by atoms with Gasteiger partial charge in [0.15, 0.2) is 6.61 Å². The first kappa shape index (κ1) is 14.9. The Balaban J connectivity index is 2.38. The summed E-state index contributed by atoms with van der Waals surface area (Å²) in [6, 6.07) is 7.04. The van der Waals surface area contributed by atoms with Crippen LogP contribution in [0.3, 0.4) is 0 Å².